The number of fused-ring (bicyclic) bond motifs is 11. The van der Waals surface area contributed by atoms with Crippen molar-refractivity contribution >= 4 is 76.4 Å². The maximum atomic E-state index is 4.97. The van der Waals surface area contributed by atoms with Gasteiger partial charge in [0, 0.05) is 38.8 Å². The van der Waals surface area contributed by atoms with E-state index in [2.05, 4.69) is 131 Å². The second kappa shape index (κ2) is 8.25. The first-order valence-electron chi connectivity index (χ1n) is 13.5. The van der Waals surface area contributed by atoms with E-state index in [4.69, 9.17) is 4.98 Å². The number of thiophene rings is 1. The molecule has 0 saturated heterocycles. The average Bonchev–Trinajstić information content (AvgIpc) is 3.62. The summed E-state index contributed by atoms with van der Waals surface area (Å²) in [6, 6.07) is 41.9. The summed E-state index contributed by atoms with van der Waals surface area (Å²) >= 11 is 1.75. The van der Waals surface area contributed by atoms with Crippen LogP contribution in [0.2, 0.25) is 0 Å². The third kappa shape index (κ3) is 3.01. The van der Waals surface area contributed by atoms with Crippen LogP contribution in [0.4, 0.5) is 0 Å². The van der Waals surface area contributed by atoms with E-state index in [1.165, 1.54) is 70.5 Å². The van der Waals surface area contributed by atoms with Gasteiger partial charge in [-0.3, -0.25) is 4.57 Å². The largest absolute Gasteiger partial charge is 0.293 e. The Morgan fingerprint density at radius 3 is 1.93 bits per heavy atom. The van der Waals surface area contributed by atoms with Gasteiger partial charge in [-0.2, -0.15) is 0 Å². The molecule has 0 bridgehead atoms. The first-order valence-corrected chi connectivity index (χ1v) is 14.5. The van der Waals surface area contributed by atoms with Gasteiger partial charge in [-0.05, 0) is 67.0 Å². The molecular formula is C37H22N2S. The second-order valence-corrected chi connectivity index (χ2v) is 11.2. The van der Waals surface area contributed by atoms with Crippen molar-refractivity contribution in [1.29, 1.82) is 0 Å². The molecule has 0 N–H and O–H groups in total. The molecule has 0 aliphatic rings. The van der Waals surface area contributed by atoms with Gasteiger partial charge in [-0.15, -0.1) is 11.3 Å². The Labute approximate surface area is 234 Å². The minimum Gasteiger partial charge on any atom is -0.293 e. The van der Waals surface area contributed by atoms with Crippen molar-refractivity contribution in [1.82, 2.24) is 9.55 Å². The molecule has 186 valence electrons. The first kappa shape index (κ1) is 21.9. The minimum atomic E-state index is 1.00. The zero-order chi connectivity index (χ0) is 26.2. The van der Waals surface area contributed by atoms with Gasteiger partial charge in [0.1, 0.15) is 5.65 Å². The van der Waals surface area contributed by atoms with Crippen LogP contribution in [-0.2, 0) is 0 Å². The Bertz CT molecular complexity index is 2410. The second-order valence-electron chi connectivity index (χ2n) is 10.5. The van der Waals surface area contributed by atoms with Crippen LogP contribution in [-0.4, -0.2) is 9.55 Å². The van der Waals surface area contributed by atoms with E-state index in [0.29, 0.717) is 0 Å². The zero-order valence-corrected chi connectivity index (χ0v) is 22.3. The Kier molecular flexibility index (Phi) is 4.52. The number of pyridine rings is 1. The van der Waals surface area contributed by atoms with E-state index in [1.807, 2.05) is 6.20 Å². The van der Waals surface area contributed by atoms with Crippen molar-refractivity contribution in [2.75, 3.05) is 0 Å². The van der Waals surface area contributed by atoms with Crippen molar-refractivity contribution in [2.45, 2.75) is 0 Å². The molecule has 3 heterocycles. The van der Waals surface area contributed by atoms with Crippen LogP contribution >= 0.6 is 11.3 Å². The topological polar surface area (TPSA) is 17.8 Å². The molecule has 6 aromatic carbocycles. The summed E-state index contributed by atoms with van der Waals surface area (Å²) in [7, 11) is 0. The number of hydrogen-bond acceptors (Lipinski definition) is 2. The highest BCUT2D eigenvalue weighted by atomic mass is 32.1. The van der Waals surface area contributed by atoms with Crippen molar-refractivity contribution < 1.29 is 0 Å². The summed E-state index contributed by atoms with van der Waals surface area (Å²) in [4.78, 5) is 4.97. The third-order valence-electron chi connectivity index (χ3n) is 8.33. The van der Waals surface area contributed by atoms with Gasteiger partial charge >= 0.3 is 0 Å². The molecule has 0 aliphatic heterocycles. The molecule has 0 spiro atoms. The van der Waals surface area contributed by atoms with Gasteiger partial charge in [0.15, 0.2) is 0 Å². The van der Waals surface area contributed by atoms with Gasteiger partial charge in [-0.25, -0.2) is 4.98 Å². The number of aromatic nitrogens is 2. The van der Waals surface area contributed by atoms with E-state index in [0.717, 1.165) is 11.3 Å². The van der Waals surface area contributed by atoms with Gasteiger partial charge < -0.3 is 0 Å². The lowest BCUT2D eigenvalue weighted by Gasteiger charge is -2.13. The molecule has 2 nitrogen and oxygen atoms in total. The molecule has 3 aromatic heterocycles. The molecule has 0 fully saturated rings. The van der Waals surface area contributed by atoms with E-state index >= 15 is 0 Å². The fraction of sp³-hybridized carbons (Fsp3) is 0. The smallest absolute Gasteiger partial charge is 0.146 e. The van der Waals surface area contributed by atoms with Crippen molar-refractivity contribution in [2.24, 2.45) is 0 Å². The predicted molar refractivity (Wildman–Crippen MR) is 172 cm³/mol. The van der Waals surface area contributed by atoms with Crippen LogP contribution in [0.15, 0.2) is 132 Å². The zero-order valence-electron chi connectivity index (χ0n) is 21.5. The Hall–Kier alpha value is -4.99. The standard InChI is InChI=1S/C37H22N2S/c1-2-11-27-25(8-1)20-38-37-36(27)34-21-40-22-35(34)39(37)26-10-7-9-23(18-26)24-16-17-32-30-14-4-3-12-28(30)29-13-5-6-15-31(29)33(32)19-24/h1-22H. The lowest BCUT2D eigenvalue weighted by Crippen LogP contribution is -1.95. The van der Waals surface area contributed by atoms with Crippen LogP contribution in [0.3, 0.4) is 0 Å². The quantitative estimate of drug-likeness (QED) is 0.205. The van der Waals surface area contributed by atoms with Crippen LogP contribution < -0.4 is 0 Å². The van der Waals surface area contributed by atoms with Crippen LogP contribution in [0.1, 0.15) is 0 Å². The number of rotatable bonds is 2. The van der Waals surface area contributed by atoms with Crippen molar-refractivity contribution in [3.05, 3.63) is 132 Å². The molecular weight excluding hydrogens is 504 g/mol. The SMILES string of the molecule is c1cc(-c2ccc3c4ccccc4c4ccccc4c3c2)cc(-n2c3cscc3c3c4ccccc4cnc32)c1. The predicted octanol–water partition coefficient (Wildman–Crippen LogP) is 10.5. The fourth-order valence-electron chi connectivity index (χ4n) is 6.53. The normalized spacial score (nSPS) is 12.0. The van der Waals surface area contributed by atoms with Crippen LogP contribution in [0, 0.1) is 0 Å². The first-order chi connectivity index (χ1) is 19.8. The number of benzene rings is 6. The molecule has 0 unspecified atom stereocenters. The highest BCUT2D eigenvalue weighted by Gasteiger charge is 2.17. The molecule has 0 atom stereocenters. The Balaban J connectivity index is 1.29. The minimum absolute atomic E-state index is 1.00. The summed E-state index contributed by atoms with van der Waals surface area (Å²) in [6.07, 6.45) is 2.00. The van der Waals surface area contributed by atoms with Crippen molar-refractivity contribution in [3.8, 4) is 16.8 Å². The summed E-state index contributed by atoms with van der Waals surface area (Å²) in [6.45, 7) is 0. The molecule has 0 amide bonds. The Morgan fingerprint density at radius 2 is 1.15 bits per heavy atom. The molecule has 40 heavy (non-hydrogen) atoms. The summed E-state index contributed by atoms with van der Waals surface area (Å²) in [5.74, 6) is 0. The van der Waals surface area contributed by atoms with Crippen LogP contribution in [0.5, 0.6) is 0 Å². The average molecular weight is 527 g/mol. The Morgan fingerprint density at radius 1 is 0.500 bits per heavy atom. The highest BCUT2D eigenvalue weighted by Crippen LogP contribution is 2.39. The molecule has 3 heteroatoms. The van der Waals surface area contributed by atoms with Crippen molar-refractivity contribution in [3.63, 3.8) is 0 Å². The highest BCUT2D eigenvalue weighted by molar-refractivity contribution is 7.09. The van der Waals surface area contributed by atoms with E-state index in [1.54, 1.807) is 11.3 Å². The van der Waals surface area contributed by atoms with Gasteiger partial charge in [0.25, 0.3) is 0 Å². The number of hydrogen-bond donors (Lipinski definition) is 0. The molecule has 0 radical (unpaired) electrons. The van der Waals surface area contributed by atoms with E-state index in [-0.39, 0.29) is 0 Å². The summed E-state index contributed by atoms with van der Waals surface area (Å²) in [5, 5.41) is 17.2. The van der Waals surface area contributed by atoms with Gasteiger partial charge in [0.05, 0.1) is 5.52 Å². The monoisotopic (exact) mass is 526 g/mol. The van der Waals surface area contributed by atoms with E-state index in [9.17, 15) is 0 Å². The van der Waals surface area contributed by atoms with E-state index < -0.39 is 0 Å². The molecule has 9 aromatic rings. The molecule has 0 saturated carbocycles. The maximum absolute atomic E-state index is 4.97. The third-order valence-corrected chi connectivity index (χ3v) is 9.06. The van der Waals surface area contributed by atoms with Crippen LogP contribution in [0.25, 0.3) is 81.8 Å². The lowest BCUT2D eigenvalue weighted by atomic mass is 9.92. The maximum Gasteiger partial charge on any atom is 0.146 e. The molecule has 9 rings (SSSR count). The summed E-state index contributed by atoms with van der Waals surface area (Å²) < 4.78 is 2.32. The number of nitrogens with zero attached hydrogens (tertiary/aromatic N) is 2. The summed E-state index contributed by atoms with van der Waals surface area (Å²) in [5.41, 5.74) is 5.75. The fourth-order valence-corrected chi connectivity index (χ4v) is 7.33. The van der Waals surface area contributed by atoms with Gasteiger partial charge in [-0.1, -0.05) is 97.1 Å². The lowest BCUT2D eigenvalue weighted by molar-refractivity contribution is 1.14. The van der Waals surface area contributed by atoms with Gasteiger partial charge in [0.2, 0.25) is 0 Å². The molecule has 0 aliphatic carbocycles.